The summed E-state index contributed by atoms with van der Waals surface area (Å²) < 4.78 is 8.08. The number of aryl methyl sites for hydroxylation is 1. The predicted octanol–water partition coefficient (Wildman–Crippen LogP) is 2.87. The van der Waals surface area contributed by atoms with Gasteiger partial charge in [-0.3, -0.25) is 4.40 Å². The van der Waals surface area contributed by atoms with E-state index in [1.807, 2.05) is 13.0 Å². The van der Waals surface area contributed by atoms with E-state index in [9.17, 15) is 9.59 Å². The van der Waals surface area contributed by atoms with Crippen molar-refractivity contribution >= 4 is 28.2 Å². The number of halogens is 1. The van der Waals surface area contributed by atoms with E-state index in [2.05, 4.69) is 5.10 Å². The summed E-state index contributed by atoms with van der Waals surface area (Å²) in [4.78, 5) is 24.4. The van der Waals surface area contributed by atoms with Crippen molar-refractivity contribution in [2.75, 3.05) is 0 Å². The summed E-state index contributed by atoms with van der Waals surface area (Å²) in [5.41, 5.74) is 1.81. The van der Waals surface area contributed by atoms with Crippen LogP contribution in [0.4, 0.5) is 0 Å². The van der Waals surface area contributed by atoms with Crippen molar-refractivity contribution in [3.8, 4) is 0 Å². The third-order valence-electron chi connectivity index (χ3n) is 4.19. The van der Waals surface area contributed by atoms with Crippen LogP contribution in [0.5, 0.6) is 0 Å². The second kappa shape index (κ2) is 5.89. The number of rotatable bonds is 3. The maximum Gasteiger partial charge on any atom is 0.350 e. The van der Waals surface area contributed by atoms with E-state index in [0.717, 1.165) is 12.0 Å². The highest BCUT2D eigenvalue weighted by molar-refractivity contribution is 6.32. The molecule has 0 spiro atoms. The monoisotopic (exact) mass is 355 g/mol. The molecule has 126 valence electrons. The topological polar surface area (TPSA) is 69.5 Å². The van der Waals surface area contributed by atoms with Crippen LogP contribution in [0.25, 0.3) is 16.6 Å². The van der Waals surface area contributed by atoms with Crippen LogP contribution in [0.15, 0.2) is 56.6 Å². The number of hydrogen-bond acceptors (Lipinski definition) is 4. The normalized spacial score (nSPS) is 11.4. The Morgan fingerprint density at radius 1 is 1.16 bits per heavy atom. The van der Waals surface area contributed by atoms with Crippen molar-refractivity contribution in [3.63, 3.8) is 0 Å². The summed E-state index contributed by atoms with van der Waals surface area (Å²) in [6.45, 7) is 2.13. The quantitative estimate of drug-likeness (QED) is 0.530. The summed E-state index contributed by atoms with van der Waals surface area (Å²) in [6.07, 6.45) is 2.39. The van der Waals surface area contributed by atoms with E-state index in [1.165, 1.54) is 15.1 Å². The van der Waals surface area contributed by atoms with Crippen molar-refractivity contribution in [2.24, 2.45) is 0 Å². The minimum Gasteiger partial charge on any atom is -0.423 e. The smallest absolute Gasteiger partial charge is 0.350 e. The zero-order chi connectivity index (χ0) is 17.6. The summed E-state index contributed by atoms with van der Waals surface area (Å²) >= 11 is 6.31. The standard InChI is InChI=1S/C18H14ClN3O3/c1-2-11-7-15-13(9-14(11)19)12(8-17(23)25-15)10-22-18(24)21-6-4-3-5-16(21)20-22/h3-9H,2,10H2,1H3. The van der Waals surface area contributed by atoms with Gasteiger partial charge >= 0.3 is 11.3 Å². The Bertz CT molecular complexity index is 1220. The molecule has 0 aliphatic heterocycles. The summed E-state index contributed by atoms with van der Waals surface area (Å²) in [5, 5.41) is 5.61. The fourth-order valence-electron chi connectivity index (χ4n) is 2.92. The summed E-state index contributed by atoms with van der Waals surface area (Å²) in [7, 11) is 0. The van der Waals surface area contributed by atoms with Crippen molar-refractivity contribution in [3.05, 3.63) is 79.6 Å². The highest BCUT2D eigenvalue weighted by Crippen LogP contribution is 2.26. The van der Waals surface area contributed by atoms with Crippen LogP contribution in [-0.2, 0) is 13.0 Å². The summed E-state index contributed by atoms with van der Waals surface area (Å²) in [5.74, 6) is 0. The van der Waals surface area contributed by atoms with Crippen molar-refractivity contribution in [1.82, 2.24) is 14.2 Å². The van der Waals surface area contributed by atoms with Crippen LogP contribution in [0.1, 0.15) is 18.1 Å². The number of aromatic nitrogens is 3. The van der Waals surface area contributed by atoms with Gasteiger partial charge in [-0.05, 0) is 41.8 Å². The van der Waals surface area contributed by atoms with E-state index >= 15 is 0 Å². The average molecular weight is 356 g/mol. The SMILES string of the molecule is CCc1cc2oc(=O)cc(Cn3nc4ccccn4c3=O)c2cc1Cl. The molecule has 4 aromatic rings. The third kappa shape index (κ3) is 2.64. The zero-order valence-corrected chi connectivity index (χ0v) is 14.2. The Kier molecular flexibility index (Phi) is 3.69. The van der Waals surface area contributed by atoms with Crippen molar-refractivity contribution < 1.29 is 4.42 Å². The van der Waals surface area contributed by atoms with Crippen LogP contribution >= 0.6 is 11.6 Å². The zero-order valence-electron chi connectivity index (χ0n) is 13.4. The summed E-state index contributed by atoms with van der Waals surface area (Å²) in [6, 6.07) is 10.2. The van der Waals surface area contributed by atoms with Crippen LogP contribution in [0.3, 0.4) is 0 Å². The molecule has 3 aromatic heterocycles. The average Bonchev–Trinajstić information content (AvgIpc) is 2.91. The van der Waals surface area contributed by atoms with Gasteiger partial charge in [0.15, 0.2) is 5.65 Å². The van der Waals surface area contributed by atoms with E-state index in [4.69, 9.17) is 16.0 Å². The largest absolute Gasteiger partial charge is 0.423 e. The van der Waals surface area contributed by atoms with Gasteiger partial charge in [0.1, 0.15) is 5.58 Å². The molecule has 0 unspecified atom stereocenters. The number of nitrogens with zero attached hydrogens (tertiary/aromatic N) is 3. The molecule has 25 heavy (non-hydrogen) atoms. The van der Waals surface area contributed by atoms with Gasteiger partial charge in [-0.25, -0.2) is 14.3 Å². The molecule has 4 rings (SSSR count). The fourth-order valence-corrected chi connectivity index (χ4v) is 3.22. The molecule has 0 saturated heterocycles. The molecule has 0 saturated carbocycles. The van der Waals surface area contributed by atoms with E-state index < -0.39 is 5.63 Å². The molecule has 6 nitrogen and oxygen atoms in total. The molecule has 0 aliphatic carbocycles. The Labute approximate surface area is 146 Å². The van der Waals surface area contributed by atoms with E-state index in [-0.39, 0.29) is 12.2 Å². The molecule has 3 heterocycles. The van der Waals surface area contributed by atoms with Gasteiger partial charge in [0.25, 0.3) is 0 Å². The first kappa shape index (κ1) is 15.7. The molecular weight excluding hydrogens is 342 g/mol. The number of fused-ring (bicyclic) bond motifs is 2. The van der Waals surface area contributed by atoms with Gasteiger partial charge in [-0.15, -0.1) is 5.10 Å². The van der Waals surface area contributed by atoms with Crippen LogP contribution in [0.2, 0.25) is 5.02 Å². The molecule has 0 aliphatic rings. The van der Waals surface area contributed by atoms with Crippen molar-refractivity contribution in [2.45, 2.75) is 19.9 Å². The van der Waals surface area contributed by atoms with Gasteiger partial charge in [0.2, 0.25) is 0 Å². The van der Waals surface area contributed by atoms with Gasteiger partial charge in [0.05, 0.1) is 6.54 Å². The van der Waals surface area contributed by atoms with Crippen LogP contribution in [-0.4, -0.2) is 14.2 Å². The predicted molar refractivity (Wildman–Crippen MR) is 95.4 cm³/mol. The maximum absolute atomic E-state index is 12.5. The molecule has 7 heteroatoms. The Morgan fingerprint density at radius 3 is 2.76 bits per heavy atom. The highest BCUT2D eigenvalue weighted by Gasteiger charge is 2.13. The van der Waals surface area contributed by atoms with Crippen LogP contribution in [0, 0.1) is 0 Å². The molecule has 0 radical (unpaired) electrons. The van der Waals surface area contributed by atoms with Gasteiger partial charge in [0, 0.05) is 22.7 Å². The highest BCUT2D eigenvalue weighted by atomic mass is 35.5. The molecular formula is C18H14ClN3O3. The van der Waals surface area contributed by atoms with Gasteiger partial charge in [-0.2, -0.15) is 0 Å². The molecule has 0 fully saturated rings. The second-order valence-corrected chi connectivity index (χ2v) is 6.16. The molecule has 0 N–H and O–H groups in total. The number of pyridine rings is 1. The molecule has 0 bridgehead atoms. The maximum atomic E-state index is 12.5. The first-order chi connectivity index (χ1) is 12.1. The van der Waals surface area contributed by atoms with Gasteiger partial charge in [-0.1, -0.05) is 24.6 Å². The van der Waals surface area contributed by atoms with Gasteiger partial charge < -0.3 is 4.42 Å². The molecule has 0 amide bonds. The lowest BCUT2D eigenvalue weighted by Gasteiger charge is -2.08. The van der Waals surface area contributed by atoms with E-state index in [1.54, 1.807) is 30.5 Å². The number of hydrogen-bond donors (Lipinski definition) is 0. The minimum atomic E-state index is -0.469. The first-order valence-electron chi connectivity index (χ1n) is 7.86. The van der Waals surface area contributed by atoms with Crippen LogP contribution < -0.4 is 11.3 Å². The third-order valence-corrected chi connectivity index (χ3v) is 4.54. The second-order valence-electron chi connectivity index (χ2n) is 5.75. The molecule has 1 aromatic carbocycles. The number of benzene rings is 1. The Balaban J connectivity index is 1.91. The Hall–Kier alpha value is -2.86. The first-order valence-corrected chi connectivity index (χ1v) is 8.24. The minimum absolute atomic E-state index is 0.157. The molecule has 0 atom stereocenters. The lowest BCUT2D eigenvalue weighted by atomic mass is 10.1. The fraction of sp³-hybridized carbons (Fsp3) is 0.167. The Morgan fingerprint density at radius 2 is 2.00 bits per heavy atom. The lowest BCUT2D eigenvalue weighted by Crippen LogP contribution is -2.22. The lowest BCUT2D eigenvalue weighted by molar-refractivity contribution is 0.555. The van der Waals surface area contributed by atoms with E-state index in [0.29, 0.717) is 27.2 Å². The van der Waals surface area contributed by atoms with Crippen molar-refractivity contribution in [1.29, 1.82) is 0 Å².